The van der Waals surface area contributed by atoms with E-state index in [1.165, 1.54) is 20.4 Å². The Morgan fingerprint density at radius 3 is 2.49 bits per heavy atom. The monoisotopic (exact) mass is 482 g/mol. The van der Waals surface area contributed by atoms with E-state index in [-0.39, 0.29) is 25.7 Å². The topological polar surface area (TPSA) is 141 Å². The lowest BCUT2D eigenvalue weighted by Crippen LogP contribution is -2.24. The molecule has 0 aliphatic carbocycles. The third-order valence-corrected chi connectivity index (χ3v) is 4.61. The number of carbonyl (C=O) groups excluding carboxylic acids is 3. The fourth-order valence-corrected chi connectivity index (χ4v) is 3.04. The second-order valence-electron chi connectivity index (χ2n) is 7.24. The lowest BCUT2D eigenvalue weighted by atomic mass is 10.1. The van der Waals surface area contributed by atoms with Crippen LogP contribution in [-0.2, 0) is 20.8 Å². The van der Waals surface area contributed by atoms with Crippen molar-refractivity contribution >= 4 is 29.5 Å². The zero-order chi connectivity index (χ0) is 25.0. The summed E-state index contributed by atoms with van der Waals surface area (Å²) in [6.45, 7) is 1.84. The number of anilines is 2. The molecule has 2 aromatic carbocycles. The van der Waals surface area contributed by atoms with Crippen molar-refractivity contribution in [2.45, 2.75) is 19.9 Å². The van der Waals surface area contributed by atoms with Crippen LogP contribution < -0.4 is 20.7 Å². The van der Waals surface area contributed by atoms with Gasteiger partial charge in [-0.1, -0.05) is 12.1 Å². The Kier molecular flexibility index (Phi) is 9.06. The molecular weight excluding hydrogens is 456 g/mol. The van der Waals surface area contributed by atoms with Crippen molar-refractivity contribution in [2.75, 3.05) is 31.0 Å². The quantitative estimate of drug-likeness (QED) is 0.289. The Labute approximate surface area is 201 Å². The standard InChI is InChI=1S/C24H26N4O7/c1-16(29)33-9-4-10-34-24(31)26-13-17-5-3-6-18(11-17)27-23(30)28-19-7-8-20(21(12-19)32-2)22-14-25-15-35-22/h3,5-8,11-12,14-15H,4,9-10,13H2,1-2H3,(H,26,31)(H2,27,28,30). The summed E-state index contributed by atoms with van der Waals surface area (Å²) in [5.41, 5.74) is 2.54. The van der Waals surface area contributed by atoms with Crippen molar-refractivity contribution in [3.8, 4) is 17.1 Å². The number of methoxy groups -OCH3 is 1. The van der Waals surface area contributed by atoms with E-state index >= 15 is 0 Å². The van der Waals surface area contributed by atoms with Gasteiger partial charge in [-0.05, 0) is 29.8 Å². The second kappa shape index (κ2) is 12.6. The first kappa shape index (κ1) is 25.1. The van der Waals surface area contributed by atoms with Crippen LogP contribution in [-0.4, -0.2) is 43.4 Å². The number of rotatable bonds is 10. The number of amides is 3. The molecule has 3 aromatic rings. The van der Waals surface area contributed by atoms with Gasteiger partial charge in [-0.15, -0.1) is 0 Å². The van der Waals surface area contributed by atoms with E-state index in [0.29, 0.717) is 34.9 Å². The lowest BCUT2D eigenvalue weighted by Gasteiger charge is -2.12. The van der Waals surface area contributed by atoms with Crippen LogP contribution >= 0.6 is 0 Å². The molecule has 0 unspecified atom stereocenters. The molecule has 0 aliphatic heterocycles. The van der Waals surface area contributed by atoms with Crippen LogP contribution in [0.2, 0.25) is 0 Å². The van der Waals surface area contributed by atoms with Crippen molar-refractivity contribution in [2.24, 2.45) is 0 Å². The summed E-state index contributed by atoms with van der Waals surface area (Å²) < 4.78 is 20.5. The highest BCUT2D eigenvalue weighted by molar-refractivity contribution is 6.00. The highest BCUT2D eigenvalue weighted by Gasteiger charge is 2.12. The Bertz CT molecular complexity index is 1150. The van der Waals surface area contributed by atoms with Crippen LogP contribution in [0.5, 0.6) is 5.75 Å². The SMILES string of the molecule is COc1cc(NC(=O)Nc2cccc(CNC(=O)OCCCOC(C)=O)c2)ccc1-c1cnco1. The number of esters is 1. The molecule has 0 bridgehead atoms. The summed E-state index contributed by atoms with van der Waals surface area (Å²) >= 11 is 0. The van der Waals surface area contributed by atoms with E-state index in [1.807, 2.05) is 0 Å². The van der Waals surface area contributed by atoms with Gasteiger partial charge in [-0.2, -0.15) is 0 Å². The van der Waals surface area contributed by atoms with Gasteiger partial charge >= 0.3 is 18.1 Å². The average Bonchev–Trinajstić information content (AvgIpc) is 3.37. The molecule has 0 spiro atoms. The summed E-state index contributed by atoms with van der Waals surface area (Å²) in [5, 5.41) is 8.13. The normalized spacial score (nSPS) is 10.2. The molecule has 11 nitrogen and oxygen atoms in total. The largest absolute Gasteiger partial charge is 0.496 e. The minimum atomic E-state index is -0.591. The van der Waals surface area contributed by atoms with E-state index in [9.17, 15) is 14.4 Å². The van der Waals surface area contributed by atoms with Crippen LogP contribution in [0.4, 0.5) is 21.0 Å². The molecule has 184 valence electrons. The number of benzene rings is 2. The first-order valence-corrected chi connectivity index (χ1v) is 10.7. The highest BCUT2D eigenvalue weighted by Crippen LogP contribution is 2.32. The molecule has 0 radical (unpaired) electrons. The van der Waals surface area contributed by atoms with Gasteiger partial charge in [0.25, 0.3) is 0 Å². The van der Waals surface area contributed by atoms with Gasteiger partial charge < -0.3 is 34.6 Å². The maximum Gasteiger partial charge on any atom is 0.407 e. The molecular formula is C24H26N4O7. The summed E-state index contributed by atoms with van der Waals surface area (Å²) in [6.07, 6.45) is 2.72. The van der Waals surface area contributed by atoms with Gasteiger partial charge in [0, 0.05) is 37.3 Å². The number of aromatic nitrogens is 1. The first-order valence-electron chi connectivity index (χ1n) is 10.7. The van der Waals surface area contributed by atoms with E-state index in [2.05, 4.69) is 20.9 Å². The molecule has 0 fully saturated rings. The predicted molar refractivity (Wildman–Crippen MR) is 127 cm³/mol. The maximum absolute atomic E-state index is 12.5. The molecule has 0 saturated heterocycles. The summed E-state index contributed by atoms with van der Waals surface area (Å²) in [4.78, 5) is 38.8. The van der Waals surface area contributed by atoms with Gasteiger partial charge in [0.15, 0.2) is 12.2 Å². The number of ether oxygens (including phenoxy) is 3. The third-order valence-electron chi connectivity index (χ3n) is 4.61. The van der Waals surface area contributed by atoms with Crippen LogP contribution in [0.15, 0.2) is 59.5 Å². The fourth-order valence-electron chi connectivity index (χ4n) is 3.04. The van der Waals surface area contributed by atoms with E-state index in [0.717, 1.165) is 5.56 Å². The molecule has 0 saturated carbocycles. The van der Waals surface area contributed by atoms with Gasteiger partial charge in [-0.25, -0.2) is 14.6 Å². The maximum atomic E-state index is 12.5. The Hall–Kier alpha value is -4.54. The van der Waals surface area contributed by atoms with Gasteiger partial charge in [0.1, 0.15) is 5.75 Å². The van der Waals surface area contributed by atoms with Gasteiger partial charge in [0.05, 0.1) is 32.1 Å². The van der Waals surface area contributed by atoms with Crippen molar-refractivity contribution < 1.29 is 33.0 Å². The van der Waals surface area contributed by atoms with Crippen molar-refractivity contribution in [3.63, 3.8) is 0 Å². The number of hydrogen-bond acceptors (Lipinski definition) is 8. The molecule has 0 atom stereocenters. The summed E-state index contributed by atoms with van der Waals surface area (Å²) in [5.74, 6) is 0.692. The number of nitrogens with one attached hydrogen (secondary N) is 3. The van der Waals surface area contributed by atoms with Crippen molar-refractivity contribution in [1.29, 1.82) is 0 Å². The lowest BCUT2D eigenvalue weighted by molar-refractivity contribution is -0.141. The van der Waals surface area contributed by atoms with Crippen LogP contribution in [0.25, 0.3) is 11.3 Å². The molecule has 11 heteroatoms. The van der Waals surface area contributed by atoms with E-state index in [1.54, 1.807) is 48.7 Å². The first-order chi connectivity index (χ1) is 16.9. The Morgan fingerprint density at radius 1 is 1.00 bits per heavy atom. The van der Waals surface area contributed by atoms with Crippen molar-refractivity contribution in [3.05, 3.63) is 60.6 Å². The van der Waals surface area contributed by atoms with Crippen LogP contribution in [0.3, 0.4) is 0 Å². The number of carbonyl (C=O) groups is 3. The molecule has 35 heavy (non-hydrogen) atoms. The Morgan fingerprint density at radius 2 is 1.77 bits per heavy atom. The zero-order valence-corrected chi connectivity index (χ0v) is 19.3. The number of urea groups is 1. The number of hydrogen-bond donors (Lipinski definition) is 3. The van der Waals surface area contributed by atoms with E-state index in [4.69, 9.17) is 18.6 Å². The smallest absolute Gasteiger partial charge is 0.407 e. The molecule has 3 N–H and O–H groups in total. The summed E-state index contributed by atoms with van der Waals surface area (Å²) in [7, 11) is 1.53. The number of alkyl carbamates (subject to hydrolysis) is 1. The Balaban J connectivity index is 1.48. The fraction of sp³-hybridized carbons (Fsp3) is 0.250. The van der Waals surface area contributed by atoms with Crippen LogP contribution in [0, 0.1) is 0 Å². The minimum absolute atomic E-state index is 0.130. The van der Waals surface area contributed by atoms with Crippen molar-refractivity contribution in [1.82, 2.24) is 10.3 Å². The average molecular weight is 482 g/mol. The highest BCUT2D eigenvalue weighted by atomic mass is 16.6. The molecule has 0 aliphatic rings. The van der Waals surface area contributed by atoms with Gasteiger partial charge in [-0.3, -0.25) is 4.79 Å². The second-order valence-corrected chi connectivity index (χ2v) is 7.24. The zero-order valence-electron chi connectivity index (χ0n) is 19.3. The van der Waals surface area contributed by atoms with Crippen LogP contribution in [0.1, 0.15) is 18.9 Å². The molecule has 3 amide bonds. The number of oxazole rings is 1. The third kappa shape index (κ3) is 8.07. The predicted octanol–water partition coefficient (Wildman–Crippen LogP) is 4.17. The van der Waals surface area contributed by atoms with Gasteiger partial charge in [0.2, 0.25) is 0 Å². The molecule has 1 aromatic heterocycles. The summed E-state index contributed by atoms with van der Waals surface area (Å²) in [6, 6.07) is 11.7. The van der Waals surface area contributed by atoms with E-state index < -0.39 is 12.1 Å². The molecule has 3 rings (SSSR count). The minimum Gasteiger partial charge on any atom is -0.496 e. The molecule has 1 heterocycles. The number of nitrogens with zero attached hydrogens (tertiary/aromatic N) is 1.